The average molecular weight is 453 g/mol. The number of hydrogen-bond donors (Lipinski definition) is 2. The van der Waals surface area contributed by atoms with E-state index in [-0.39, 0.29) is 24.3 Å². The molecular formula is C25H25F2N3O3. The number of rotatable bonds is 6. The van der Waals surface area contributed by atoms with Gasteiger partial charge in [-0.25, -0.2) is 18.6 Å². The summed E-state index contributed by atoms with van der Waals surface area (Å²) in [6, 6.07) is 15.5. The van der Waals surface area contributed by atoms with Gasteiger partial charge in [0.05, 0.1) is 5.69 Å². The molecule has 2 amide bonds. The smallest absolute Gasteiger partial charge is 0.407 e. The molecule has 0 radical (unpaired) electrons. The van der Waals surface area contributed by atoms with Gasteiger partial charge in [-0.15, -0.1) is 0 Å². The monoisotopic (exact) mass is 453 g/mol. The van der Waals surface area contributed by atoms with Gasteiger partial charge in [0, 0.05) is 30.3 Å². The minimum Gasteiger partial charge on any atom is -0.444 e. The fourth-order valence-corrected chi connectivity index (χ4v) is 3.05. The summed E-state index contributed by atoms with van der Waals surface area (Å²) in [5.41, 5.74) is 1.78. The zero-order chi connectivity index (χ0) is 24.0. The molecule has 33 heavy (non-hydrogen) atoms. The molecule has 0 fully saturated rings. The zero-order valence-corrected chi connectivity index (χ0v) is 18.6. The topological polar surface area (TPSA) is 80.3 Å². The van der Waals surface area contributed by atoms with Crippen molar-refractivity contribution >= 4 is 12.0 Å². The van der Waals surface area contributed by atoms with Crippen LogP contribution >= 0.6 is 0 Å². The van der Waals surface area contributed by atoms with E-state index in [1.165, 1.54) is 6.07 Å². The summed E-state index contributed by atoms with van der Waals surface area (Å²) in [6.07, 6.45) is -0.536. The molecule has 0 saturated heterocycles. The Balaban J connectivity index is 1.72. The fraction of sp³-hybridized carbons (Fsp3) is 0.240. The van der Waals surface area contributed by atoms with Crippen molar-refractivity contribution in [1.29, 1.82) is 0 Å². The Morgan fingerprint density at radius 2 is 1.64 bits per heavy atom. The van der Waals surface area contributed by atoms with Crippen LogP contribution in [0.2, 0.25) is 0 Å². The molecule has 0 unspecified atom stereocenters. The summed E-state index contributed by atoms with van der Waals surface area (Å²) in [6.45, 7) is 5.46. The Morgan fingerprint density at radius 1 is 0.909 bits per heavy atom. The second-order valence-electron chi connectivity index (χ2n) is 8.34. The van der Waals surface area contributed by atoms with Gasteiger partial charge in [0.25, 0.3) is 5.91 Å². The molecule has 3 rings (SSSR count). The lowest BCUT2D eigenvalue weighted by molar-refractivity contribution is 0.0523. The van der Waals surface area contributed by atoms with E-state index in [1.54, 1.807) is 39.0 Å². The number of aromatic nitrogens is 1. The third kappa shape index (κ3) is 6.83. The number of alkyl carbamates (subject to hydrolysis) is 1. The van der Waals surface area contributed by atoms with Gasteiger partial charge in [0.15, 0.2) is 0 Å². The molecular weight excluding hydrogens is 428 g/mol. The van der Waals surface area contributed by atoms with Crippen molar-refractivity contribution in [3.63, 3.8) is 0 Å². The highest BCUT2D eigenvalue weighted by atomic mass is 19.1. The predicted octanol–water partition coefficient (Wildman–Crippen LogP) is 4.98. The second-order valence-corrected chi connectivity index (χ2v) is 8.34. The van der Waals surface area contributed by atoms with Crippen LogP contribution in [0.3, 0.4) is 0 Å². The van der Waals surface area contributed by atoms with E-state index in [2.05, 4.69) is 15.6 Å². The molecule has 1 aromatic heterocycles. The molecule has 3 aromatic rings. The number of carbonyl (C=O) groups is 2. The maximum atomic E-state index is 13.8. The first kappa shape index (κ1) is 23.8. The van der Waals surface area contributed by atoms with Crippen LogP contribution in [0.25, 0.3) is 11.3 Å². The van der Waals surface area contributed by atoms with Crippen LogP contribution in [-0.4, -0.2) is 22.6 Å². The second kappa shape index (κ2) is 10.2. The summed E-state index contributed by atoms with van der Waals surface area (Å²) >= 11 is 0. The lowest BCUT2D eigenvalue weighted by Crippen LogP contribution is -2.32. The van der Waals surface area contributed by atoms with E-state index in [0.717, 1.165) is 23.3 Å². The molecule has 0 saturated carbocycles. The summed E-state index contributed by atoms with van der Waals surface area (Å²) in [5.74, 6) is -1.91. The van der Waals surface area contributed by atoms with E-state index < -0.39 is 29.2 Å². The van der Waals surface area contributed by atoms with Crippen LogP contribution in [-0.2, 0) is 17.8 Å². The molecule has 2 aromatic carbocycles. The quantitative estimate of drug-likeness (QED) is 0.552. The summed E-state index contributed by atoms with van der Waals surface area (Å²) in [4.78, 5) is 29.0. The Kier molecular flexibility index (Phi) is 7.37. The average Bonchev–Trinajstić information content (AvgIpc) is 2.76. The molecule has 0 spiro atoms. The number of benzene rings is 2. The minimum absolute atomic E-state index is 0.104. The molecule has 0 aliphatic heterocycles. The van der Waals surface area contributed by atoms with E-state index in [1.807, 2.05) is 24.3 Å². The lowest BCUT2D eigenvalue weighted by Gasteiger charge is -2.20. The highest BCUT2D eigenvalue weighted by Crippen LogP contribution is 2.22. The van der Waals surface area contributed by atoms with Crippen LogP contribution < -0.4 is 10.6 Å². The van der Waals surface area contributed by atoms with Crippen LogP contribution in [0, 0.1) is 11.6 Å². The van der Waals surface area contributed by atoms with Crippen molar-refractivity contribution < 1.29 is 23.1 Å². The number of nitrogens with zero attached hydrogens (tertiary/aromatic N) is 1. The molecule has 6 nitrogen and oxygen atoms in total. The predicted molar refractivity (Wildman–Crippen MR) is 120 cm³/mol. The molecule has 8 heteroatoms. The summed E-state index contributed by atoms with van der Waals surface area (Å²) < 4.78 is 32.1. The Morgan fingerprint density at radius 3 is 2.36 bits per heavy atom. The van der Waals surface area contributed by atoms with Gasteiger partial charge in [-0.2, -0.15) is 0 Å². The highest BCUT2D eigenvalue weighted by Gasteiger charge is 2.17. The molecule has 0 bridgehead atoms. The van der Waals surface area contributed by atoms with Crippen molar-refractivity contribution in [1.82, 2.24) is 15.6 Å². The van der Waals surface area contributed by atoms with Gasteiger partial charge in [-0.1, -0.05) is 36.4 Å². The maximum absolute atomic E-state index is 13.8. The van der Waals surface area contributed by atoms with Crippen molar-refractivity contribution in [3.8, 4) is 11.3 Å². The molecule has 172 valence electrons. The molecule has 0 atom stereocenters. The largest absolute Gasteiger partial charge is 0.444 e. The minimum atomic E-state index is -0.733. The molecule has 2 N–H and O–H groups in total. The fourth-order valence-electron chi connectivity index (χ4n) is 3.05. The number of pyridine rings is 1. The maximum Gasteiger partial charge on any atom is 0.407 e. The normalized spacial score (nSPS) is 11.1. The highest BCUT2D eigenvalue weighted by molar-refractivity contribution is 5.92. The Hall–Kier alpha value is -3.81. The van der Waals surface area contributed by atoms with Gasteiger partial charge in [-0.05, 0) is 44.5 Å². The van der Waals surface area contributed by atoms with Gasteiger partial charge in [0.1, 0.15) is 22.9 Å². The SMILES string of the molecule is CC(C)(C)OC(=O)NCc1ccccc1-c1cccc(C(=O)NCc2ccc(F)cc2F)n1. The van der Waals surface area contributed by atoms with Crippen molar-refractivity contribution in [2.75, 3.05) is 0 Å². The molecule has 0 aliphatic rings. The van der Waals surface area contributed by atoms with E-state index in [0.29, 0.717) is 5.69 Å². The lowest BCUT2D eigenvalue weighted by atomic mass is 10.0. The number of amides is 2. The summed E-state index contributed by atoms with van der Waals surface area (Å²) in [7, 11) is 0. The first-order valence-electron chi connectivity index (χ1n) is 10.4. The van der Waals surface area contributed by atoms with Crippen LogP contribution in [0.4, 0.5) is 13.6 Å². The van der Waals surface area contributed by atoms with Gasteiger partial charge < -0.3 is 15.4 Å². The first-order chi connectivity index (χ1) is 15.6. The van der Waals surface area contributed by atoms with E-state index in [4.69, 9.17) is 4.74 Å². The number of nitrogens with one attached hydrogen (secondary N) is 2. The molecule has 1 heterocycles. The third-order valence-electron chi connectivity index (χ3n) is 4.55. The van der Waals surface area contributed by atoms with Gasteiger partial charge in [-0.3, -0.25) is 4.79 Å². The molecule has 0 aliphatic carbocycles. The number of halogens is 2. The van der Waals surface area contributed by atoms with Crippen molar-refractivity contribution in [2.45, 2.75) is 39.5 Å². The summed E-state index contributed by atoms with van der Waals surface area (Å²) in [5, 5.41) is 5.31. The standard InChI is InChI=1S/C25H25F2N3O3/c1-25(2,3)33-24(32)29-14-16-7-4-5-8-19(16)21-9-6-10-22(30-21)23(31)28-15-17-11-12-18(26)13-20(17)27/h4-13H,14-15H2,1-3H3,(H,28,31)(H,29,32). The Labute approximate surface area is 191 Å². The van der Waals surface area contributed by atoms with Crippen LogP contribution in [0.1, 0.15) is 42.4 Å². The first-order valence-corrected chi connectivity index (χ1v) is 10.4. The zero-order valence-electron chi connectivity index (χ0n) is 18.6. The number of carbonyl (C=O) groups excluding carboxylic acids is 2. The Bertz CT molecular complexity index is 1160. The van der Waals surface area contributed by atoms with E-state index >= 15 is 0 Å². The van der Waals surface area contributed by atoms with Gasteiger partial charge >= 0.3 is 6.09 Å². The van der Waals surface area contributed by atoms with Gasteiger partial charge in [0.2, 0.25) is 0 Å². The van der Waals surface area contributed by atoms with Crippen LogP contribution in [0.15, 0.2) is 60.7 Å². The van der Waals surface area contributed by atoms with Crippen LogP contribution in [0.5, 0.6) is 0 Å². The van der Waals surface area contributed by atoms with Crippen molar-refractivity contribution in [3.05, 3.63) is 89.1 Å². The number of hydrogen-bond acceptors (Lipinski definition) is 4. The number of ether oxygens (including phenoxy) is 1. The third-order valence-corrected chi connectivity index (χ3v) is 4.55. The van der Waals surface area contributed by atoms with Crippen molar-refractivity contribution in [2.24, 2.45) is 0 Å². The van der Waals surface area contributed by atoms with E-state index in [9.17, 15) is 18.4 Å².